The Morgan fingerprint density at radius 3 is 2.58 bits per heavy atom. The Balaban J connectivity index is 2.91. The summed E-state index contributed by atoms with van der Waals surface area (Å²) in [6.45, 7) is 3.12. The average Bonchev–Trinajstić information content (AvgIpc) is 2.26. The maximum Gasteiger partial charge on any atom is 0.265 e. The smallest absolute Gasteiger partial charge is 0.265 e. The number of hydrogen-bond acceptors (Lipinski definition) is 4. The summed E-state index contributed by atoms with van der Waals surface area (Å²) in [6.07, 6.45) is -0.840. The molecule has 0 bridgehead atoms. The molecule has 1 aliphatic rings. The van der Waals surface area contributed by atoms with Crippen LogP contribution in [0.4, 0.5) is 0 Å². The number of nitrogens with zero attached hydrogens (tertiary/aromatic N) is 1. The molecule has 12 heavy (non-hydrogen) atoms. The van der Waals surface area contributed by atoms with E-state index in [1.54, 1.807) is 0 Å². The number of rotatable bonds is 1. The molecule has 64 valence electrons. The fourth-order valence-electron chi connectivity index (χ4n) is 0.939. The first-order valence-electron chi connectivity index (χ1n) is 3.29. The highest BCUT2D eigenvalue weighted by molar-refractivity contribution is 6.19. The Kier molecular flexibility index (Phi) is 2.05. The maximum atomic E-state index is 10.9. The average molecular weight is 169 g/mol. The number of carbonyl (C=O) groups excluding carboxylic acids is 3. The molecule has 0 aliphatic carbocycles. The van der Waals surface area contributed by atoms with Gasteiger partial charge < -0.3 is 5.11 Å². The molecule has 0 aromatic carbocycles. The van der Waals surface area contributed by atoms with E-state index in [1.807, 2.05) is 0 Å². The molecule has 0 aromatic rings. The van der Waals surface area contributed by atoms with E-state index < -0.39 is 23.8 Å². The van der Waals surface area contributed by atoms with Gasteiger partial charge in [0.05, 0.1) is 6.42 Å². The molecule has 1 heterocycles. The number of amides is 3. The standard InChI is InChI=1S/C7H7NO4/c1-2-5(10)8-6(11)3-4(9)7(8)12/h2,4,9H,1,3H2. The van der Waals surface area contributed by atoms with Gasteiger partial charge in [-0.3, -0.25) is 14.4 Å². The lowest BCUT2D eigenvalue weighted by Crippen LogP contribution is -2.36. The van der Waals surface area contributed by atoms with Gasteiger partial charge in [-0.25, -0.2) is 4.90 Å². The summed E-state index contributed by atoms with van der Waals surface area (Å²) in [4.78, 5) is 33.0. The summed E-state index contributed by atoms with van der Waals surface area (Å²) in [5.41, 5.74) is 0. The van der Waals surface area contributed by atoms with Crippen LogP contribution in [0.3, 0.4) is 0 Å². The van der Waals surface area contributed by atoms with Crippen molar-refractivity contribution in [2.24, 2.45) is 0 Å². The Bertz CT molecular complexity index is 271. The van der Waals surface area contributed by atoms with Crippen LogP contribution in [0.25, 0.3) is 0 Å². The van der Waals surface area contributed by atoms with Crippen LogP contribution in [0.2, 0.25) is 0 Å². The number of imide groups is 3. The molecule has 5 nitrogen and oxygen atoms in total. The third-order valence-electron chi connectivity index (χ3n) is 1.52. The van der Waals surface area contributed by atoms with Crippen LogP contribution in [-0.2, 0) is 14.4 Å². The van der Waals surface area contributed by atoms with E-state index in [4.69, 9.17) is 5.11 Å². The van der Waals surface area contributed by atoms with Crippen LogP contribution in [0.1, 0.15) is 6.42 Å². The molecule has 5 heteroatoms. The van der Waals surface area contributed by atoms with Crippen molar-refractivity contribution in [3.63, 3.8) is 0 Å². The van der Waals surface area contributed by atoms with Crippen molar-refractivity contribution in [3.8, 4) is 0 Å². The van der Waals surface area contributed by atoms with Crippen molar-refractivity contribution in [1.29, 1.82) is 0 Å². The topological polar surface area (TPSA) is 74.7 Å². The Morgan fingerprint density at radius 1 is 1.67 bits per heavy atom. The molecule has 1 rings (SSSR count). The lowest BCUT2D eigenvalue weighted by molar-refractivity contribution is -0.148. The molecular formula is C7H7NO4. The molecule has 0 aromatic heterocycles. The van der Waals surface area contributed by atoms with Crippen molar-refractivity contribution < 1.29 is 19.5 Å². The first-order chi connectivity index (χ1) is 5.57. The summed E-state index contributed by atoms with van der Waals surface area (Å²) in [7, 11) is 0. The van der Waals surface area contributed by atoms with E-state index in [1.165, 1.54) is 0 Å². The summed E-state index contributed by atoms with van der Waals surface area (Å²) in [6, 6.07) is 0. The minimum absolute atomic E-state index is 0.321. The third-order valence-corrected chi connectivity index (χ3v) is 1.52. The van der Waals surface area contributed by atoms with Gasteiger partial charge in [0.1, 0.15) is 6.10 Å². The molecule has 0 spiro atoms. The number of aliphatic hydroxyl groups is 1. The predicted molar refractivity (Wildman–Crippen MR) is 37.7 cm³/mol. The van der Waals surface area contributed by atoms with Crippen LogP contribution in [0.5, 0.6) is 0 Å². The van der Waals surface area contributed by atoms with E-state index in [0.717, 1.165) is 6.08 Å². The summed E-state index contributed by atoms with van der Waals surface area (Å²) >= 11 is 0. The molecule has 1 saturated heterocycles. The quantitative estimate of drug-likeness (QED) is 0.396. The van der Waals surface area contributed by atoms with Gasteiger partial charge in [0.15, 0.2) is 0 Å². The van der Waals surface area contributed by atoms with Crippen molar-refractivity contribution in [2.75, 3.05) is 0 Å². The van der Waals surface area contributed by atoms with Crippen LogP contribution in [0.15, 0.2) is 12.7 Å². The molecule has 1 N–H and O–H groups in total. The largest absolute Gasteiger partial charge is 0.383 e. The first-order valence-corrected chi connectivity index (χ1v) is 3.29. The van der Waals surface area contributed by atoms with Crippen LogP contribution in [0, 0.1) is 0 Å². The van der Waals surface area contributed by atoms with Crippen molar-refractivity contribution in [2.45, 2.75) is 12.5 Å². The molecule has 1 atom stereocenters. The SMILES string of the molecule is C=CC(=O)N1C(=O)CC(O)C1=O. The lowest BCUT2D eigenvalue weighted by Gasteiger charge is -2.07. The number of hydrogen-bond donors (Lipinski definition) is 1. The van der Waals surface area contributed by atoms with Gasteiger partial charge >= 0.3 is 0 Å². The Labute approximate surface area is 68.3 Å². The normalized spacial score (nSPS) is 23.1. The highest BCUT2D eigenvalue weighted by Gasteiger charge is 2.40. The fourth-order valence-corrected chi connectivity index (χ4v) is 0.939. The molecule has 0 radical (unpaired) electrons. The van der Waals surface area contributed by atoms with Crippen LogP contribution >= 0.6 is 0 Å². The van der Waals surface area contributed by atoms with E-state index in [0.29, 0.717) is 4.90 Å². The molecule has 1 fully saturated rings. The summed E-state index contributed by atoms with van der Waals surface area (Å²) in [5, 5.41) is 8.88. The second kappa shape index (κ2) is 2.86. The summed E-state index contributed by atoms with van der Waals surface area (Å²) < 4.78 is 0. The fraction of sp³-hybridized carbons (Fsp3) is 0.286. The maximum absolute atomic E-state index is 10.9. The van der Waals surface area contributed by atoms with Crippen LogP contribution in [-0.4, -0.2) is 33.8 Å². The second-order valence-corrected chi connectivity index (χ2v) is 2.33. The van der Waals surface area contributed by atoms with Gasteiger partial charge in [-0.15, -0.1) is 0 Å². The van der Waals surface area contributed by atoms with Crippen LogP contribution < -0.4 is 0 Å². The zero-order chi connectivity index (χ0) is 9.30. The van der Waals surface area contributed by atoms with Gasteiger partial charge in [0, 0.05) is 0 Å². The highest BCUT2D eigenvalue weighted by Crippen LogP contribution is 2.12. The molecular weight excluding hydrogens is 162 g/mol. The number of carbonyl (C=O) groups is 3. The van der Waals surface area contributed by atoms with Crippen molar-refractivity contribution in [3.05, 3.63) is 12.7 Å². The number of aliphatic hydroxyl groups excluding tert-OH is 1. The van der Waals surface area contributed by atoms with E-state index >= 15 is 0 Å². The number of likely N-dealkylation sites (tertiary alicyclic amines) is 1. The van der Waals surface area contributed by atoms with E-state index in [-0.39, 0.29) is 6.42 Å². The zero-order valence-corrected chi connectivity index (χ0v) is 6.19. The van der Waals surface area contributed by atoms with Gasteiger partial charge in [0.25, 0.3) is 11.8 Å². The molecule has 1 unspecified atom stereocenters. The highest BCUT2D eigenvalue weighted by atomic mass is 16.3. The minimum Gasteiger partial charge on any atom is -0.383 e. The van der Waals surface area contributed by atoms with Gasteiger partial charge in [-0.05, 0) is 6.08 Å². The van der Waals surface area contributed by atoms with E-state index in [2.05, 4.69) is 6.58 Å². The minimum atomic E-state index is -1.37. The second-order valence-electron chi connectivity index (χ2n) is 2.33. The predicted octanol–water partition coefficient (Wildman–Crippen LogP) is -1.18. The van der Waals surface area contributed by atoms with Crippen molar-refractivity contribution >= 4 is 17.7 Å². The lowest BCUT2D eigenvalue weighted by atomic mass is 10.3. The van der Waals surface area contributed by atoms with Gasteiger partial charge in [-0.1, -0.05) is 6.58 Å². The zero-order valence-electron chi connectivity index (χ0n) is 6.19. The van der Waals surface area contributed by atoms with Gasteiger partial charge in [-0.2, -0.15) is 0 Å². The first kappa shape index (κ1) is 8.61. The Hall–Kier alpha value is -1.49. The van der Waals surface area contributed by atoms with E-state index in [9.17, 15) is 14.4 Å². The molecule has 3 amide bonds. The molecule has 0 saturated carbocycles. The Morgan fingerprint density at radius 2 is 2.25 bits per heavy atom. The molecule has 1 aliphatic heterocycles. The van der Waals surface area contributed by atoms with Crippen molar-refractivity contribution in [1.82, 2.24) is 4.90 Å². The third kappa shape index (κ3) is 1.14. The summed E-state index contributed by atoms with van der Waals surface area (Å²) in [5.74, 6) is -2.34. The monoisotopic (exact) mass is 169 g/mol. The van der Waals surface area contributed by atoms with Gasteiger partial charge in [0.2, 0.25) is 5.91 Å².